The lowest BCUT2D eigenvalue weighted by molar-refractivity contribution is 0.448. The number of aromatic nitrogens is 3. The monoisotopic (exact) mass is 323 g/mol. The molecule has 6 heteroatoms. The number of fused-ring (bicyclic) bond motifs is 1. The lowest BCUT2D eigenvalue weighted by Gasteiger charge is -2.10. The van der Waals surface area contributed by atoms with Crippen LogP contribution < -0.4 is 0 Å². The summed E-state index contributed by atoms with van der Waals surface area (Å²) in [5, 5.41) is 0. The lowest BCUT2D eigenvalue weighted by atomic mass is 10.2. The molecule has 0 bridgehead atoms. The van der Waals surface area contributed by atoms with Crippen molar-refractivity contribution in [3.8, 4) is 0 Å². The van der Waals surface area contributed by atoms with Crippen LogP contribution in [0.2, 0.25) is 0 Å². The predicted molar refractivity (Wildman–Crippen MR) is 75.1 cm³/mol. The SMILES string of the molecule is CC(c1ccco1)n1c(=S)[nH]c2cc(Br)cnc21. The van der Waals surface area contributed by atoms with Gasteiger partial charge in [-0.2, -0.15) is 0 Å². The van der Waals surface area contributed by atoms with Gasteiger partial charge in [0, 0.05) is 10.7 Å². The Bertz CT molecular complexity index is 744. The van der Waals surface area contributed by atoms with Crippen molar-refractivity contribution in [2.45, 2.75) is 13.0 Å². The van der Waals surface area contributed by atoms with Crippen LogP contribution in [0.4, 0.5) is 0 Å². The number of imidazole rings is 1. The van der Waals surface area contributed by atoms with E-state index in [9.17, 15) is 0 Å². The highest BCUT2D eigenvalue weighted by Crippen LogP contribution is 2.24. The van der Waals surface area contributed by atoms with Gasteiger partial charge in [0.2, 0.25) is 0 Å². The zero-order valence-electron chi connectivity index (χ0n) is 9.55. The molecule has 3 rings (SSSR count). The van der Waals surface area contributed by atoms with Gasteiger partial charge in [0.05, 0.1) is 17.8 Å². The summed E-state index contributed by atoms with van der Waals surface area (Å²) < 4.78 is 8.94. The molecule has 4 nitrogen and oxygen atoms in total. The summed E-state index contributed by atoms with van der Waals surface area (Å²) in [5.74, 6) is 0.858. The first-order valence-electron chi connectivity index (χ1n) is 5.46. The number of H-pyrrole nitrogens is 1. The number of nitrogens with one attached hydrogen (secondary N) is 1. The zero-order valence-corrected chi connectivity index (χ0v) is 12.0. The zero-order chi connectivity index (χ0) is 12.7. The van der Waals surface area contributed by atoms with Crippen molar-refractivity contribution in [1.29, 1.82) is 0 Å². The maximum absolute atomic E-state index is 5.43. The molecule has 3 heterocycles. The second kappa shape index (κ2) is 4.37. The summed E-state index contributed by atoms with van der Waals surface area (Å²) in [7, 11) is 0. The Balaban J connectivity index is 2.23. The van der Waals surface area contributed by atoms with Crippen molar-refractivity contribution in [1.82, 2.24) is 14.5 Å². The van der Waals surface area contributed by atoms with E-state index in [0.29, 0.717) is 4.77 Å². The maximum Gasteiger partial charge on any atom is 0.179 e. The molecule has 0 amide bonds. The molecule has 1 unspecified atom stereocenters. The third-order valence-corrected chi connectivity index (χ3v) is 3.60. The predicted octanol–water partition coefficient (Wildman–Crippen LogP) is 4.06. The third kappa shape index (κ3) is 1.81. The molecular weight excluding hydrogens is 314 g/mol. The Labute approximate surface area is 117 Å². The van der Waals surface area contributed by atoms with Gasteiger partial charge in [0.1, 0.15) is 5.76 Å². The summed E-state index contributed by atoms with van der Waals surface area (Å²) in [6.45, 7) is 2.03. The Hall–Kier alpha value is -1.40. The van der Waals surface area contributed by atoms with Crippen molar-refractivity contribution in [2.75, 3.05) is 0 Å². The fourth-order valence-corrected chi connectivity index (χ4v) is 2.69. The van der Waals surface area contributed by atoms with E-state index in [0.717, 1.165) is 21.4 Å². The Morgan fingerprint density at radius 3 is 3.11 bits per heavy atom. The van der Waals surface area contributed by atoms with E-state index in [-0.39, 0.29) is 6.04 Å². The van der Waals surface area contributed by atoms with Gasteiger partial charge < -0.3 is 9.40 Å². The molecule has 0 saturated heterocycles. The Morgan fingerprint density at radius 1 is 1.56 bits per heavy atom. The molecule has 3 aromatic heterocycles. The van der Waals surface area contributed by atoms with Gasteiger partial charge in [0.25, 0.3) is 0 Å². The normalized spacial score (nSPS) is 13.0. The molecule has 0 fully saturated rings. The molecule has 18 heavy (non-hydrogen) atoms. The standard InChI is InChI=1S/C12H10BrN3OS/c1-7(10-3-2-4-17-10)16-11-9(15-12(16)18)5-8(13)6-14-11/h2-7H,1H3,(H,15,18). The van der Waals surface area contributed by atoms with Crippen LogP contribution in [0, 0.1) is 4.77 Å². The lowest BCUT2D eigenvalue weighted by Crippen LogP contribution is -2.06. The fraction of sp³-hybridized carbons (Fsp3) is 0.167. The van der Waals surface area contributed by atoms with Crippen LogP contribution in [-0.2, 0) is 0 Å². The second-order valence-electron chi connectivity index (χ2n) is 4.02. The largest absolute Gasteiger partial charge is 0.467 e. The van der Waals surface area contributed by atoms with Crippen molar-refractivity contribution in [2.24, 2.45) is 0 Å². The topological polar surface area (TPSA) is 46.8 Å². The number of rotatable bonds is 2. The molecule has 3 aromatic rings. The van der Waals surface area contributed by atoms with Crippen LogP contribution in [0.5, 0.6) is 0 Å². The van der Waals surface area contributed by atoms with E-state index in [1.807, 2.05) is 29.7 Å². The van der Waals surface area contributed by atoms with Crippen molar-refractivity contribution in [3.63, 3.8) is 0 Å². The van der Waals surface area contributed by atoms with Crippen molar-refractivity contribution < 1.29 is 4.42 Å². The number of furan rings is 1. The van der Waals surface area contributed by atoms with E-state index in [4.69, 9.17) is 16.6 Å². The van der Waals surface area contributed by atoms with Crippen LogP contribution in [-0.4, -0.2) is 14.5 Å². The quantitative estimate of drug-likeness (QED) is 0.723. The van der Waals surface area contributed by atoms with Gasteiger partial charge in [-0.15, -0.1) is 0 Å². The first kappa shape index (κ1) is 11.7. The van der Waals surface area contributed by atoms with Gasteiger partial charge in [-0.05, 0) is 53.3 Å². The first-order chi connectivity index (χ1) is 8.66. The highest BCUT2D eigenvalue weighted by Gasteiger charge is 2.16. The molecule has 92 valence electrons. The van der Waals surface area contributed by atoms with Gasteiger partial charge in [-0.1, -0.05) is 0 Å². The molecule has 0 aliphatic heterocycles. The van der Waals surface area contributed by atoms with E-state index in [1.54, 1.807) is 12.5 Å². The number of pyridine rings is 1. The summed E-state index contributed by atoms with van der Waals surface area (Å²) >= 11 is 8.75. The summed E-state index contributed by atoms with van der Waals surface area (Å²) in [4.78, 5) is 7.56. The van der Waals surface area contributed by atoms with E-state index in [2.05, 4.69) is 25.9 Å². The molecule has 0 saturated carbocycles. The van der Waals surface area contributed by atoms with Crippen molar-refractivity contribution in [3.05, 3.63) is 45.7 Å². The number of halogens is 1. The third-order valence-electron chi connectivity index (χ3n) is 2.86. The molecule has 0 aliphatic carbocycles. The summed E-state index contributed by atoms with van der Waals surface area (Å²) in [6, 6.07) is 5.77. The van der Waals surface area contributed by atoms with Crippen LogP contribution >= 0.6 is 28.1 Å². The summed E-state index contributed by atoms with van der Waals surface area (Å²) in [6.07, 6.45) is 3.42. The number of nitrogens with zero attached hydrogens (tertiary/aromatic N) is 2. The van der Waals surface area contributed by atoms with Crippen LogP contribution in [0.3, 0.4) is 0 Å². The van der Waals surface area contributed by atoms with Gasteiger partial charge in [0.15, 0.2) is 10.4 Å². The van der Waals surface area contributed by atoms with E-state index >= 15 is 0 Å². The minimum absolute atomic E-state index is 0.00919. The number of hydrogen-bond donors (Lipinski definition) is 1. The molecule has 1 N–H and O–H groups in total. The van der Waals surface area contributed by atoms with Crippen molar-refractivity contribution >= 4 is 39.3 Å². The number of hydrogen-bond acceptors (Lipinski definition) is 3. The molecule has 1 atom stereocenters. The summed E-state index contributed by atoms with van der Waals surface area (Å²) in [5.41, 5.74) is 1.74. The Morgan fingerprint density at radius 2 is 2.39 bits per heavy atom. The maximum atomic E-state index is 5.43. The van der Waals surface area contributed by atoms with Crippen LogP contribution in [0.1, 0.15) is 18.7 Å². The molecule has 0 spiro atoms. The van der Waals surface area contributed by atoms with Crippen LogP contribution in [0.25, 0.3) is 11.2 Å². The minimum Gasteiger partial charge on any atom is -0.467 e. The molecule has 0 radical (unpaired) electrons. The highest BCUT2D eigenvalue weighted by atomic mass is 79.9. The van der Waals surface area contributed by atoms with Crippen LogP contribution in [0.15, 0.2) is 39.5 Å². The van der Waals surface area contributed by atoms with Gasteiger partial charge in [-0.3, -0.25) is 4.57 Å². The smallest absolute Gasteiger partial charge is 0.179 e. The average Bonchev–Trinajstić information content (AvgIpc) is 2.94. The molecule has 0 aromatic carbocycles. The highest BCUT2D eigenvalue weighted by molar-refractivity contribution is 9.10. The van der Waals surface area contributed by atoms with E-state index in [1.165, 1.54) is 0 Å². The average molecular weight is 324 g/mol. The Kier molecular flexibility index (Phi) is 2.83. The first-order valence-corrected chi connectivity index (χ1v) is 6.66. The van der Waals surface area contributed by atoms with Gasteiger partial charge >= 0.3 is 0 Å². The molecular formula is C12H10BrN3OS. The number of aromatic amines is 1. The fourth-order valence-electron chi connectivity index (χ4n) is 2.00. The molecule has 0 aliphatic rings. The minimum atomic E-state index is 0.00919. The second-order valence-corrected chi connectivity index (χ2v) is 5.32. The van der Waals surface area contributed by atoms with Gasteiger partial charge in [-0.25, -0.2) is 4.98 Å². The van der Waals surface area contributed by atoms with E-state index < -0.39 is 0 Å².